The van der Waals surface area contributed by atoms with Gasteiger partial charge < -0.3 is 14.5 Å². The van der Waals surface area contributed by atoms with E-state index in [0.717, 1.165) is 12.8 Å². The van der Waals surface area contributed by atoms with Crippen molar-refractivity contribution in [2.24, 2.45) is 0 Å². The van der Waals surface area contributed by atoms with Gasteiger partial charge in [0.25, 0.3) is 0 Å². The van der Waals surface area contributed by atoms with Crippen molar-refractivity contribution in [1.29, 1.82) is 0 Å². The Labute approximate surface area is 86.9 Å². The highest BCUT2D eigenvalue weighted by Crippen LogP contribution is 2.26. The van der Waals surface area contributed by atoms with Gasteiger partial charge in [-0.3, -0.25) is 0 Å². The standard InChI is InChI=1S/C9H13N3O3/c1-6-10-8(11-15-6)4-5-12(9(13)14)7-2-3-7/h7H,2-5H2,1H3,(H,13,14). The molecule has 6 heteroatoms. The summed E-state index contributed by atoms with van der Waals surface area (Å²) >= 11 is 0. The van der Waals surface area contributed by atoms with Gasteiger partial charge in [-0.15, -0.1) is 0 Å². The van der Waals surface area contributed by atoms with Gasteiger partial charge in [0.15, 0.2) is 5.82 Å². The van der Waals surface area contributed by atoms with Crippen LogP contribution < -0.4 is 0 Å². The molecule has 0 spiro atoms. The van der Waals surface area contributed by atoms with E-state index in [1.165, 1.54) is 4.90 Å². The minimum atomic E-state index is -0.863. The second-order valence-corrected chi connectivity index (χ2v) is 3.69. The van der Waals surface area contributed by atoms with E-state index in [9.17, 15) is 4.79 Å². The molecule has 0 aromatic carbocycles. The predicted octanol–water partition coefficient (Wildman–Crippen LogP) is 1.06. The van der Waals surface area contributed by atoms with Crippen LogP contribution in [0.25, 0.3) is 0 Å². The van der Waals surface area contributed by atoms with E-state index in [2.05, 4.69) is 10.1 Å². The van der Waals surface area contributed by atoms with Gasteiger partial charge in [-0.2, -0.15) is 4.98 Å². The van der Waals surface area contributed by atoms with Crippen LogP contribution in [0.1, 0.15) is 24.6 Å². The molecule has 1 aromatic rings. The smallest absolute Gasteiger partial charge is 0.407 e. The first kappa shape index (κ1) is 9.95. The first-order chi connectivity index (χ1) is 7.16. The molecule has 1 fully saturated rings. The molecule has 2 rings (SSSR count). The van der Waals surface area contributed by atoms with Gasteiger partial charge in [0.05, 0.1) is 0 Å². The minimum Gasteiger partial charge on any atom is -0.465 e. The maximum atomic E-state index is 10.9. The lowest BCUT2D eigenvalue weighted by atomic mass is 10.3. The molecule has 6 nitrogen and oxygen atoms in total. The third-order valence-electron chi connectivity index (χ3n) is 2.38. The normalized spacial score (nSPS) is 15.3. The number of amides is 1. The lowest BCUT2D eigenvalue weighted by molar-refractivity contribution is 0.142. The molecule has 1 heterocycles. The fraction of sp³-hybridized carbons (Fsp3) is 0.667. The third-order valence-corrected chi connectivity index (χ3v) is 2.38. The number of hydrogen-bond acceptors (Lipinski definition) is 4. The average Bonchev–Trinajstić information content (AvgIpc) is 2.90. The summed E-state index contributed by atoms with van der Waals surface area (Å²) in [7, 11) is 0. The Morgan fingerprint density at radius 1 is 1.67 bits per heavy atom. The molecule has 1 N–H and O–H groups in total. The lowest BCUT2D eigenvalue weighted by Crippen LogP contribution is -2.33. The van der Waals surface area contributed by atoms with Gasteiger partial charge in [0.2, 0.25) is 5.89 Å². The first-order valence-electron chi connectivity index (χ1n) is 4.95. The van der Waals surface area contributed by atoms with Crippen molar-refractivity contribution >= 4 is 6.09 Å². The van der Waals surface area contributed by atoms with E-state index in [0.29, 0.717) is 24.7 Å². The van der Waals surface area contributed by atoms with Gasteiger partial charge in [-0.05, 0) is 12.8 Å². The van der Waals surface area contributed by atoms with Crippen LogP contribution in [-0.2, 0) is 6.42 Å². The van der Waals surface area contributed by atoms with Crippen LogP contribution in [0.5, 0.6) is 0 Å². The van der Waals surface area contributed by atoms with Crippen molar-refractivity contribution in [3.8, 4) is 0 Å². The Bertz CT molecular complexity index is 359. The van der Waals surface area contributed by atoms with E-state index < -0.39 is 6.09 Å². The van der Waals surface area contributed by atoms with Crippen LogP contribution in [-0.4, -0.2) is 38.8 Å². The molecule has 82 valence electrons. The number of rotatable bonds is 4. The first-order valence-corrected chi connectivity index (χ1v) is 4.95. The zero-order valence-electron chi connectivity index (χ0n) is 8.51. The SMILES string of the molecule is Cc1nc(CCN(C(=O)O)C2CC2)no1. The van der Waals surface area contributed by atoms with Crippen LogP contribution in [0.15, 0.2) is 4.52 Å². The highest BCUT2D eigenvalue weighted by Gasteiger charge is 2.32. The summed E-state index contributed by atoms with van der Waals surface area (Å²) < 4.78 is 4.81. The van der Waals surface area contributed by atoms with Gasteiger partial charge >= 0.3 is 6.09 Å². The minimum absolute atomic E-state index is 0.204. The number of carbonyl (C=O) groups is 1. The number of aryl methyl sites for hydroxylation is 1. The number of hydrogen-bond donors (Lipinski definition) is 1. The number of aromatic nitrogens is 2. The summed E-state index contributed by atoms with van der Waals surface area (Å²) in [4.78, 5) is 16.3. The maximum absolute atomic E-state index is 10.9. The van der Waals surface area contributed by atoms with E-state index in [4.69, 9.17) is 9.63 Å². The Hall–Kier alpha value is -1.59. The van der Waals surface area contributed by atoms with Crippen LogP contribution in [0, 0.1) is 6.92 Å². The van der Waals surface area contributed by atoms with E-state index in [1.54, 1.807) is 6.92 Å². The van der Waals surface area contributed by atoms with E-state index >= 15 is 0 Å². The molecule has 1 aliphatic carbocycles. The van der Waals surface area contributed by atoms with Gasteiger partial charge in [-0.25, -0.2) is 4.79 Å². The fourth-order valence-electron chi connectivity index (χ4n) is 1.48. The highest BCUT2D eigenvalue weighted by molar-refractivity contribution is 5.65. The predicted molar refractivity (Wildman–Crippen MR) is 50.5 cm³/mol. The topological polar surface area (TPSA) is 79.5 Å². The third kappa shape index (κ3) is 2.45. The summed E-state index contributed by atoms with van der Waals surface area (Å²) in [6, 6.07) is 0.204. The molecule has 0 saturated heterocycles. The Kier molecular flexibility index (Phi) is 2.57. The van der Waals surface area contributed by atoms with Crippen molar-refractivity contribution < 1.29 is 14.4 Å². The average molecular weight is 211 g/mol. The molecule has 1 aromatic heterocycles. The van der Waals surface area contributed by atoms with Crippen molar-refractivity contribution in [3.63, 3.8) is 0 Å². The second-order valence-electron chi connectivity index (χ2n) is 3.69. The Morgan fingerprint density at radius 3 is 2.87 bits per heavy atom. The summed E-state index contributed by atoms with van der Waals surface area (Å²) in [5.74, 6) is 1.08. The van der Waals surface area contributed by atoms with Gasteiger partial charge in [0.1, 0.15) is 0 Å². The molecule has 1 aliphatic rings. The number of nitrogens with zero attached hydrogens (tertiary/aromatic N) is 3. The monoisotopic (exact) mass is 211 g/mol. The zero-order valence-corrected chi connectivity index (χ0v) is 8.51. The molecule has 0 bridgehead atoms. The van der Waals surface area contributed by atoms with Crippen LogP contribution in [0.3, 0.4) is 0 Å². The van der Waals surface area contributed by atoms with Gasteiger partial charge in [-0.1, -0.05) is 5.16 Å². The Balaban J connectivity index is 1.87. The number of carboxylic acid groups (broad SMARTS) is 1. The second kappa shape index (κ2) is 3.88. The molecule has 1 amide bonds. The summed E-state index contributed by atoms with van der Waals surface area (Å²) in [6.07, 6.45) is 1.59. The molecule has 0 radical (unpaired) electrons. The lowest BCUT2D eigenvalue weighted by Gasteiger charge is -2.16. The largest absolute Gasteiger partial charge is 0.465 e. The molecule has 0 unspecified atom stereocenters. The van der Waals surface area contributed by atoms with Crippen LogP contribution in [0.2, 0.25) is 0 Å². The molecular weight excluding hydrogens is 198 g/mol. The zero-order chi connectivity index (χ0) is 10.8. The quantitative estimate of drug-likeness (QED) is 0.805. The van der Waals surface area contributed by atoms with E-state index in [1.807, 2.05) is 0 Å². The molecule has 15 heavy (non-hydrogen) atoms. The Morgan fingerprint density at radius 2 is 2.40 bits per heavy atom. The summed E-state index contributed by atoms with van der Waals surface area (Å²) in [5.41, 5.74) is 0. The molecular formula is C9H13N3O3. The van der Waals surface area contributed by atoms with Crippen LogP contribution >= 0.6 is 0 Å². The van der Waals surface area contributed by atoms with Crippen molar-refractivity contribution in [3.05, 3.63) is 11.7 Å². The molecule has 0 atom stereocenters. The fourth-order valence-corrected chi connectivity index (χ4v) is 1.48. The van der Waals surface area contributed by atoms with Crippen LogP contribution in [0.4, 0.5) is 4.79 Å². The molecule has 0 aliphatic heterocycles. The molecule has 1 saturated carbocycles. The summed E-state index contributed by atoms with van der Waals surface area (Å²) in [5, 5.41) is 12.6. The van der Waals surface area contributed by atoms with Crippen molar-refractivity contribution in [2.45, 2.75) is 32.2 Å². The maximum Gasteiger partial charge on any atom is 0.407 e. The summed E-state index contributed by atoms with van der Waals surface area (Å²) in [6.45, 7) is 2.16. The van der Waals surface area contributed by atoms with Crippen molar-refractivity contribution in [1.82, 2.24) is 15.0 Å². The van der Waals surface area contributed by atoms with Crippen molar-refractivity contribution in [2.75, 3.05) is 6.54 Å². The highest BCUT2D eigenvalue weighted by atomic mass is 16.5. The van der Waals surface area contributed by atoms with E-state index in [-0.39, 0.29) is 6.04 Å². The van der Waals surface area contributed by atoms with Gasteiger partial charge in [0, 0.05) is 25.9 Å².